The summed E-state index contributed by atoms with van der Waals surface area (Å²) in [6.45, 7) is 4.38. The maximum Gasteiger partial charge on any atom is 0.330 e. The van der Waals surface area contributed by atoms with Gasteiger partial charge in [0, 0.05) is 18.5 Å². The molecule has 0 rings (SSSR count). The third-order valence-corrected chi connectivity index (χ3v) is 3.85. The summed E-state index contributed by atoms with van der Waals surface area (Å²) in [5.41, 5.74) is 0. The van der Waals surface area contributed by atoms with Gasteiger partial charge in [0.25, 0.3) is 0 Å². The monoisotopic (exact) mass is 327 g/mol. The van der Waals surface area contributed by atoms with Crippen molar-refractivity contribution < 1.29 is 23.9 Å². The quantitative estimate of drug-likeness (QED) is 0.212. The number of nitrogens with zero attached hydrogens (tertiary/aromatic N) is 1. The molecule has 0 saturated carbocycles. The lowest BCUT2D eigenvalue weighted by Crippen LogP contribution is -2.41. The summed E-state index contributed by atoms with van der Waals surface area (Å²) in [4.78, 5) is 21.5. The van der Waals surface area contributed by atoms with Gasteiger partial charge in [-0.2, -0.15) is 0 Å². The van der Waals surface area contributed by atoms with Crippen LogP contribution in [0.15, 0.2) is 12.2 Å². The van der Waals surface area contributed by atoms with Crippen LogP contribution >= 0.6 is 0 Å². The van der Waals surface area contributed by atoms with E-state index in [0.29, 0.717) is 6.61 Å². The van der Waals surface area contributed by atoms with Gasteiger partial charge >= 0.3 is 5.97 Å². The normalized spacial score (nSPS) is 11.8. The highest BCUT2D eigenvalue weighted by atomic mass is 16.5. The second-order valence-corrected chi connectivity index (χ2v) is 6.65. The molecule has 134 valence electrons. The Morgan fingerprint density at radius 2 is 1.52 bits per heavy atom. The van der Waals surface area contributed by atoms with Crippen molar-refractivity contribution in [2.24, 2.45) is 0 Å². The molecule has 0 aromatic heterocycles. The Morgan fingerprint density at radius 1 is 0.957 bits per heavy atom. The molecule has 0 unspecified atom stereocenters. The molecule has 0 saturated heterocycles. The first kappa shape index (κ1) is 21.6. The first-order valence-corrected chi connectivity index (χ1v) is 8.68. The Morgan fingerprint density at radius 3 is 2.13 bits per heavy atom. The van der Waals surface area contributed by atoms with Crippen molar-refractivity contribution >= 4 is 11.9 Å². The maximum atomic E-state index is 11.2. The molecular formula is C18H33NO4. The van der Waals surface area contributed by atoms with Crippen molar-refractivity contribution in [1.82, 2.24) is 0 Å². The number of esters is 1. The lowest BCUT2D eigenvalue weighted by Gasteiger charge is -2.29. The summed E-state index contributed by atoms with van der Waals surface area (Å²) in [6.07, 6.45) is 10.5. The lowest BCUT2D eigenvalue weighted by molar-refractivity contribution is -0.890. The van der Waals surface area contributed by atoms with Crippen LogP contribution in [-0.4, -0.2) is 50.2 Å². The van der Waals surface area contributed by atoms with Gasteiger partial charge in [0.2, 0.25) is 0 Å². The number of rotatable bonds is 14. The fourth-order valence-corrected chi connectivity index (χ4v) is 2.48. The summed E-state index contributed by atoms with van der Waals surface area (Å²) in [6, 6.07) is 0. The Kier molecular flexibility index (Phi) is 12.3. The fourth-order valence-electron chi connectivity index (χ4n) is 2.48. The third kappa shape index (κ3) is 15.3. The zero-order valence-electron chi connectivity index (χ0n) is 15.0. The van der Waals surface area contributed by atoms with Gasteiger partial charge in [0.1, 0.15) is 0 Å². The molecule has 0 fully saturated rings. The number of hydrogen-bond donors (Lipinski definition) is 0. The second kappa shape index (κ2) is 13.1. The van der Waals surface area contributed by atoms with Crippen LogP contribution in [0.1, 0.15) is 58.3 Å². The van der Waals surface area contributed by atoms with E-state index in [1.54, 1.807) is 13.0 Å². The summed E-state index contributed by atoms with van der Waals surface area (Å²) in [7, 11) is 4.40. The van der Waals surface area contributed by atoms with Gasteiger partial charge in [0.05, 0.1) is 33.8 Å². The molecule has 5 heteroatoms. The van der Waals surface area contributed by atoms with Crippen molar-refractivity contribution in [3.05, 3.63) is 12.2 Å². The van der Waals surface area contributed by atoms with E-state index in [4.69, 9.17) is 4.74 Å². The zero-order valence-corrected chi connectivity index (χ0v) is 15.0. The van der Waals surface area contributed by atoms with Crippen molar-refractivity contribution in [1.29, 1.82) is 0 Å². The van der Waals surface area contributed by atoms with Gasteiger partial charge in [0.15, 0.2) is 0 Å². The van der Waals surface area contributed by atoms with Crippen molar-refractivity contribution in [2.75, 3.05) is 33.8 Å². The van der Waals surface area contributed by atoms with Gasteiger partial charge in [-0.1, -0.05) is 25.3 Å². The number of quaternary nitrogens is 1. The van der Waals surface area contributed by atoms with Crippen molar-refractivity contribution in [3.8, 4) is 0 Å². The molecule has 0 aliphatic rings. The van der Waals surface area contributed by atoms with E-state index in [9.17, 15) is 14.7 Å². The van der Waals surface area contributed by atoms with E-state index in [-0.39, 0.29) is 12.4 Å². The molecule has 0 bridgehead atoms. The van der Waals surface area contributed by atoms with Crippen molar-refractivity contribution in [3.63, 3.8) is 0 Å². The van der Waals surface area contributed by atoms with E-state index < -0.39 is 5.97 Å². The van der Waals surface area contributed by atoms with E-state index in [1.165, 1.54) is 18.9 Å². The van der Waals surface area contributed by atoms with Gasteiger partial charge < -0.3 is 19.1 Å². The molecule has 0 aromatic carbocycles. The first-order chi connectivity index (χ1) is 10.9. The number of ether oxygens (including phenoxy) is 1. The van der Waals surface area contributed by atoms with Crippen molar-refractivity contribution in [2.45, 2.75) is 58.3 Å². The molecule has 0 atom stereocenters. The molecular weight excluding hydrogens is 294 g/mol. The number of hydrogen-bond acceptors (Lipinski definition) is 4. The van der Waals surface area contributed by atoms with Gasteiger partial charge in [-0.25, -0.2) is 4.79 Å². The number of carbonyl (C=O) groups is 2. The summed E-state index contributed by atoms with van der Waals surface area (Å²) in [5, 5.41) is 10.3. The number of unbranched alkanes of at least 4 members (excludes halogenated alkanes) is 5. The lowest BCUT2D eigenvalue weighted by atomic mass is 10.1. The highest BCUT2D eigenvalue weighted by molar-refractivity contribution is 5.81. The average Bonchev–Trinajstić information content (AvgIpc) is 2.46. The zero-order chi connectivity index (χ0) is 17.6. The minimum atomic E-state index is -0.944. The Hall–Kier alpha value is -1.36. The van der Waals surface area contributed by atoms with Crippen LogP contribution in [0.5, 0.6) is 0 Å². The van der Waals surface area contributed by atoms with Crippen LogP contribution in [0.2, 0.25) is 0 Å². The smallest absolute Gasteiger partial charge is 0.330 e. The molecule has 5 nitrogen and oxygen atoms in total. The van der Waals surface area contributed by atoms with Gasteiger partial charge in [-0.3, -0.25) is 0 Å². The van der Waals surface area contributed by atoms with E-state index in [1.807, 2.05) is 0 Å². The van der Waals surface area contributed by atoms with Crippen LogP contribution < -0.4 is 5.11 Å². The number of aliphatic carboxylic acids is 1. The highest BCUT2D eigenvalue weighted by Crippen LogP contribution is 2.10. The van der Waals surface area contributed by atoms with E-state index in [2.05, 4.69) is 14.1 Å². The molecule has 0 aromatic rings. The Balaban J connectivity index is 3.53. The average molecular weight is 327 g/mol. The third-order valence-electron chi connectivity index (χ3n) is 3.85. The number of allylic oxidation sites excluding steroid dienone is 1. The maximum absolute atomic E-state index is 11.2. The topological polar surface area (TPSA) is 66.4 Å². The summed E-state index contributed by atoms with van der Waals surface area (Å²) in [5.74, 6) is -1.21. The van der Waals surface area contributed by atoms with Crippen LogP contribution in [0.25, 0.3) is 0 Å². The van der Waals surface area contributed by atoms with Gasteiger partial charge in [-0.15, -0.1) is 0 Å². The summed E-state index contributed by atoms with van der Waals surface area (Å²) < 4.78 is 6.03. The van der Waals surface area contributed by atoms with Crippen LogP contribution in [0, 0.1) is 0 Å². The molecule has 0 N–H and O–H groups in total. The van der Waals surface area contributed by atoms with Crippen LogP contribution in [0.4, 0.5) is 0 Å². The SMILES string of the molecule is CC=CC(=O)OCCC[N+](C)(C)CCCCCCCCC(=O)[O-]. The minimum absolute atomic E-state index is 0.183. The fraction of sp³-hybridized carbons (Fsp3) is 0.778. The predicted octanol–water partition coefficient (Wildman–Crippen LogP) is 2.05. The van der Waals surface area contributed by atoms with Crippen LogP contribution in [-0.2, 0) is 14.3 Å². The number of carbonyl (C=O) groups excluding carboxylic acids is 2. The molecule has 0 aliphatic carbocycles. The number of carboxylic acid groups (broad SMARTS) is 1. The van der Waals surface area contributed by atoms with E-state index >= 15 is 0 Å². The molecule has 0 radical (unpaired) electrons. The Bertz CT molecular complexity index is 364. The minimum Gasteiger partial charge on any atom is -0.550 e. The molecule has 0 aliphatic heterocycles. The second-order valence-electron chi connectivity index (χ2n) is 6.65. The Labute approximate surface area is 140 Å². The molecule has 0 spiro atoms. The number of carboxylic acids is 1. The molecule has 0 amide bonds. The van der Waals surface area contributed by atoms with E-state index in [0.717, 1.165) is 49.7 Å². The molecule has 0 heterocycles. The largest absolute Gasteiger partial charge is 0.550 e. The molecule has 23 heavy (non-hydrogen) atoms. The highest BCUT2D eigenvalue weighted by Gasteiger charge is 2.14. The van der Waals surface area contributed by atoms with Crippen LogP contribution in [0.3, 0.4) is 0 Å². The summed E-state index contributed by atoms with van der Waals surface area (Å²) >= 11 is 0. The predicted molar refractivity (Wildman–Crippen MR) is 89.6 cm³/mol. The van der Waals surface area contributed by atoms with Gasteiger partial charge in [-0.05, 0) is 32.6 Å². The standard InChI is InChI=1S/C18H33NO4/c1-4-12-18(22)23-16-11-15-19(2,3)14-10-8-6-5-7-9-13-17(20)21/h4,12H,5-11,13-16H2,1-3H3. The first-order valence-electron chi connectivity index (χ1n) is 8.68.